The number of ether oxygens (including phenoxy) is 1. The van der Waals surface area contributed by atoms with Crippen LogP contribution in [-0.2, 0) is 14.3 Å². The summed E-state index contributed by atoms with van der Waals surface area (Å²) in [6.07, 6.45) is 7.68. The van der Waals surface area contributed by atoms with Crippen molar-refractivity contribution >= 4 is 12.3 Å². The molecule has 3 heteroatoms. The van der Waals surface area contributed by atoms with E-state index in [2.05, 4.69) is 0 Å². The second-order valence-corrected chi connectivity index (χ2v) is 4.44. The first kappa shape index (κ1) is 9.69. The highest BCUT2D eigenvalue weighted by molar-refractivity contribution is 5.96. The molecule has 0 heterocycles. The Morgan fingerprint density at radius 1 is 1.21 bits per heavy atom. The number of aldehydes is 1. The number of rotatable bonds is 3. The molecule has 0 aliphatic heterocycles. The van der Waals surface area contributed by atoms with E-state index in [9.17, 15) is 9.59 Å². The van der Waals surface area contributed by atoms with Gasteiger partial charge in [0.05, 0.1) is 0 Å². The van der Waals surface area contributed by atoms with Gasteiger partial charge in [-0.1, -0.05) is 6.42 Å². The normalized spacial score (nSPS) is 25.4. The van der Waals surface area contributed by atoms with E-state index in [1.54, 1.807) is 0 Å². The molecule has 0 unspecified atom stereocenters. The van der Waals surface area contributed by atoms with Gasteiger partial charge in [-0.05, 0) is 38.5 Å². The minimum Gasteiger partial charge on any atom is -0.462 e. The van der Waals surface area contributed by atoms with Crippen molar-refractivity contribution in [3.8, 4) is 0 Å². The highest BCUT2D eigenvalue weighted by Crippen LogP contribution is 2.45. The fraction of sp³-hybridized carbons (Fsp3) is 0.818. The average molecular weight is 196 g/mol. The first-order valence-electron chi connectivity index (χ1n) is 5.44. The molecule has 0 bridgehead atoms. The molecule has 0 saturated heterocycles. The highest BCUT2D eigenvalue weighted by Gasteiger charge is 2.52. The minimum atomic E-state index is -0.739. The number of carbonyl (C=O) groups excluding carboxylic acids is 2. The van der Waals surface area contributed by atoms with Gasteiger partial charge >= 0.3 is 5.97 Å². The second kappa shape index (κ2) is 3.71. The maximum atomic E-state index is 11.6. The molecular formula is C11H16O3. The Hall–Kier alpha value is -0.860. The molecule has 2 fully saturated rings. The van der Waals surface area contributed by atoms with E-state index in [0.29, 0.717) is 12.8 Å². The molecule has 0 amide bonds. The van der Waals surface area contributed by atoms with E-state index in [1.807, 2.05) is 0 Å². The Bertz CT molecular complexity index is 237. The molecule has 0 aromatic heterocycles. The van der Waals surface area contributed by atoms with Crippen LogP contribution in [0.15, 0.2) is 0 Å². The monoisotopic (exact) mass is 196 g/mol. The summed E-state index contributed by atoms with van der Waals surface area (Å²) in [6.45, 7) is 0. The third-order valence-corrected chi connectivity index (χ3v) is 3.25. The SMILES string of the molecule is O=CC1(C(=O)OC2CCCCC2)CC1. The lowest BCUT2D eigenvalue weighted by atomic mass is 9.97. The van der Waals surface area contributed by atoms with Crippen molar-refractivity contribution in [1.82, 2.24) is 0 Å². The summed E-state index contributed by atoms with van der Waals surface area (Å²) in [5.74, 6) is -0.278. The van der Waals surface area contributed by atoms with Crippen LogP contribution >= 0.6 is 0 Å². The van der Waals surface area contributed by atoms with E-state index < -0.39 is 5.41 Å². The average Bonchev–Trinajstić information content (AvgIpc) is 3.00. The molecule has 0 radical (unpaired) electrons. The lowest BCUT2D eigenvalue weighted by Crippen LogP contribution is -2.27. The molecule has 2 saturated carbocycles. The molecule has 2 aliphatic carbocycles. The van der Waals surface area contributed by atoms with Gasteiger partial charge in [-0.15, -0.1) is 0 Å². The summed E-state index contributed by atoms with van der Waals surface area (Å²) in [6, 6.07) is 0. The van der Waals surface area contributed by atoms with E-state index in [4.69, 9.17) is 4.74 Å². The van der Waals surface area contributed by atoms with Gasteiger partial charge in [-0.3, -0.25) is 4.79 Å². The van der Waals surface area contributed by atoms with Crippen molar-refractivity contribution in [2.24, 2.45) is 5.41 Å². The predicted octanol–water partition coefficient (Wildman–Crippen LogP) is 1.84. The van der Waals surface area contributed by atoms with Crippen molar-refractivity contribution in [2.45, 2.75) is 51.0 Å². The van der Waals surface area contributed by atoms with Gasteiger partial charge in [0.1, 0.15) is 17.8 Å². The Balaban J connectivity index is 1.84. The molecule has 0 aromatic carbocycles. The fourth-order valence-corrected chi connectivity index (χ4v) is 1.96. The van der Waals surface area contributed by atoms with Crippen molar-refractivity contribution < 1.29 is 14.3 Å². The molecule has 0 aromatic rings. The fourth-order valence-electron chi connectivity index (χ4n) is 1.96. The summed E-state index contributed by atoms with van der Waals surface area (Å²) in [5, 5.41) is 0. The van der Waals surface area contributed by atoms with Crippen LogP contribution in [0.1, 0.15) is 44.9 Å². The molecule has 2 rings (SSSR count). The first-order valence-corrected chi connectivity index (χ1v) is 5.44. The van der Waals surface area contributed by atoms with E-state index in [0.717, 1.165) is 32.0 Å². The predicted molar refractivity (Wildman–Crippen MR) is 50.7 cm³/mol. The van der Waals surface area contributed by atoms with E-state index >= 15 is 0 Å². The van der Waals surface area contributed by atoms with E-state index in [1.165, 1.54) is 6.42 Å². The second-order valence-electron chi connectivity index (χ2n) is 4.44. The molecule has 0 atom stereocenters. The topological polar surface area (TPSA) is 43.4 Å². The summed E-state index contributed by atoms with van der Waals surface area (Å²) in [4.78, 5) is 22.2. The standard InChI is InChI=1S/C11H16O3/c12-8-11(6-7-11)10(13)14-9-4-2-1-3-5-9/h8-9H,1-7H2. The minimum absolute atomic E-state index is 0.0775. The zero-order chi connectivity index (χ0) is 10.0. The Labute approximate surface area is 83.8 Å². The van der Waals surface area contributed by atoms with Crippen molar-refractivity contribution in [1.29, 1.82) is 0 Å². The van der Waals surface area contributed by atoms with Gasteiger partial charge in [0.2, 0.25) is 0 Å². The Morgan fingerprint density at radius 3 is 2.36 bits per heavy atom. The number of esters is 1. The van der Waals surface area contributed by atoms with Crippen LogP contribution in [-0.4, -0.2) is 18.4 Å². The smallest absolute Gasteiger partial charge is 0.319 e. The third-order valence-electron chi connectivity index (χ3n) is 3.25. The summed E-state index contributed by atoms with van der Waals surface area (Å²) >= 11 is 0. The molecule has 0 spiro atoms. The van der Waals surface area contributed by atoms with Crippen LogP contribution in [0, 0.1) is 5.41 Å². The van der Waals surface area contributed by atoms with Crippen LogP contribution in [0.2, 0.25) is 0 Å². The maximum Gasteiger partial charge on any atom is 0.319 e. The van der Waals surface area contributed by atoms with Gasteiger partial charge in [-0.2, -0.15) is 0 Å². The van der Waals surface area contributed by atoms with Crippen molar-refractivity contribution in [3.63, 3.8) is 0 Å². The van der Waals surface area contributed by atoms with Crippen molar-refractivity contribution in [3.05, 3.63) is 0 Å². The lowest BCUT2D eigenvalue weighted by molar-refractivity contribution is -0.158. The zero-order valence-corrected chi connectivity index (χ0v) is 8.33. The number of hydrogen-bond acceptors (Lipinski definition) is 3. The molecule has 0 N–H and O–H groups in total. The summed E-state index contributed by atoms with van der Waals surface area (Å²) < 4.78 is 5.34. The zero-order valence-electron chi connectivity index (χ0n) is 8.33. The largest absolute Gasteiger partial charge is 0.462 e. The van der Waals surface area contributed by atoms with Crippen LogP contribution < -0.4 is 0 Å². The number of hydrogen-bond donors (Lipinski definition) is 0. The molecule has 3 nitrogen and oxygen atoms in total. The summed E-state index contributed by atoms with van der Waals surface area (Å²) in [5.41, 5.74) is -0.739. The van der Waals surface area contributed by atoms with Crippen LogP contribution in [0.25, 0.3) is 0 Å². The van der Waals surface area contributed by atoms with Gasteiger partial charge < -0.3 is 9.53 Å². The Morgan fingerprint density at radius 2 is 1.86 bits per heavy atom. The van der Waals surface area contributed by atoms with Gasteiger partial charge in [0, 0.05) is 0 Å². The molecular weight excluding hydrogens is 180 g/mol. The van der Waals surface area contributed by atoms with E-state index in [-0.39, 0.29) is 12.1 Å². The van der Waals surface area contributed by atoms with Crippen LogP contribution in [0.5, 0.6) is 0 Å². The highest BCUT2D eigenvalue weighted by atomic mass is 16.5. The summed E-state index contributed by atoms with van der Waals surface area (Å²) in [7, 11) is 0. The van der Waals surface area contributed by atoms with Crippen molar-refractivity contribution in [2.75, 3.05) is 0 Å². The van der Waals surface area contributed by atoms with Gasteiger partial charge in [-0.25, -0.2) is 0 Å². The van der Waals surface area contributed by atoms with Gasteiger partial charge in [0.15, 0.2) is 0 Å². The van der Waals surface area contributed by atoms with Crippen LogP contribution in [0.4, 0.5) is 0 Å². The maximum absolute atomic E-state index is 11.6. The number of carbonyl (C=O) groups is 2. The Kier molecular flexibility index (Phi) is 2.57. The first-order chi connectivity index (χ1) is 6.77. The quantitative estimate of drug-likeness (QED) is 0.393. The molecule has 2 aliphatic rings. The van der Waals surface area contributed by atoms with Crippen LogP contribution in [0.3, 0.4) is 0 Å². The lowest BCUT2D eigenvalue weighted by Gasteiger charge is -2.23. The molecule has 14 heavy (non-hydrogen) atoms. The molecule has 78 valence electrons. The van der Waals surface area contributed by atoms with Gasteiger partial charge in [0.25, 0.3) is 0 Å². The third kappa shape index (κ3) is 1.81.